The number of ether oxygens (including phenoxy) is 2. The molecule has 0 unspecified atom stereocenters. The van der Waals surface area contributed by atoms with E-state index in [-0.39, 0.29) is 5.91 Å². The van der Waals surface area contributed by atoms with Gasteiger partial charge in [-0.05, 0) is 48.7 Å². The first-order valence-electron chi connectivity index (χ1n) is 8.57. The van der Waals surface area contributed by atoms with Gasteiger partial charge in [0.05, 0.1) is 19.3 Å². The summed E-state index contributed by atoms with van der Waals surface area (Å²) in [5.74, 6) is 1.53. The molecule has 2 aromatic carbocycles. The van der Waals surface area contributed by atoms with Crippen LogP contribution in [0.1, 0.15) is 29.3 Å². The van der Waals surface area contributed by atoms with Crippen LogP contribution in [0, 0.1) is 0 Å². The quantitative estimate of drug-likeness (QED) is 0.827. The van der Waals surface area contributed by atoms with Gasteiger partial charge in [-0.15, -0.1) is 0 Å². The summed E-state index contributed by atoms with van der Waals surface area (Å²) in [7, 11) is 1.67. The average molecular weight is 337 g/mol. The smallest absolute Gasteiger partial charge is 0.257 e. The number of para-hydroxylation sites is 1. The van der Waals surface area contributed by atoms with E-state index in [1.54, 1.807) is 7.11 Å². The van der Waals surface area contributed by atoms with Gasteiger partial charge in [-0.25, -0.2) is 0 Å². The van der Waals surface area contributed by atoms with Crippen LogP contribution in [0.25, 0.3) is 5.57 Å². The van der Waals surface area contributed by atoms with Crippen LogP contribution in [-0.2, 0) is 0 Å². The zero-order chi connectivity index (χ0) is 17.6. The Morgan fingerprint density at radius 2 is 1.88 bits per heavy atom. The van der Waals surface area contributed by atoms with Crippen molar-refractivity contribution in [3.63, 3.8) is 0 Å². The molecule has 0 fully saturated rings. The third kappa shape index (κ3) is 3.85. The Morgan fingerprint density at radius 1 is 1.12 bits per heavy atom. The highest BCUT2D eigenvalue weighted by molar-refractivity contribution is 5.97. The van der Waals surface area contributed by atoms with Gasteiger partial charge in [-0.3, -0.25) is 4.79 Å². The number of nitrogens with zero attached hydrogens (tertiary/aromatic N) is 1. The summed E-state index contributed by atoms with van der Waals surface area (Å²) in [6, 6.07) is 15.5. The molecule has 0 aromatic heterocycles. The predicted octanol–water partition coefficient (Wildman–Crippen LogP) is 4.02. The molecule has 1 heterocycles. The highest BCUT2D eigenvalue weighted by Gasteiger charge is 2.21. The first-order valence-corrected chi connectivity index (χ1v) is 8.57. The molecular weight excluding hydrogens is 314 g/mol. The molecule has 0 radical (unpaired) electrons. The van der Waals surface area contributed by atoms with Gasteiger partial charge in [0.25, 0.3) is 5.91 Å². The summed E-state index contributed by atoms with van der Waals surface area (Å²) in [4.78, 5) is 14.7. The SMILES string of the molecule is CCOc1ccccc1C(=O)N1CC=C(c2ccc(OC)cc2)CC1. The number of methoxy groups -OCH3 is 1. The van der Waals surface area contributed by atoms with Gasteiger partial charge < -0.3 is 14.4 Å². The molecule has 1 amide bonds. The van der Waals surface area contributed by atoms with Gasteiger partial charge in [0.1, 0.15) is 11.5 Å². The molecule has 0 bridgehead atoms. The van der Waals surface area contributed by atoms with Crippen LogP contribution in [0.15, 0.2) is 54.6 Å². The lowest BCUT2D eigenvalue weighted by atomic mass is 9.99. The van der Waals surface area contributed by atoms with Gasteiger partial charge in [-0.1, -0.05) is 30.3 Å². The Hall–Kier alpha value is -2.75. The topological polar surface area (TPSA) is 38.8 Å². The molecule has 0 saturated heterocycles. The number of benzene rings is 2. The maximum Gasteiger partial charge on any atom is 0.257 e. The first-order chi connectivity index (χ1) is 12.2. The van der Waals surface area contributed by atoms with E-state index in [4.69, 9.17) is 9.47 Å². The van der Waals surface area contributed by atoms with E-state index in [1.807, 2.05) is 48.2 Å². The van der Waals surface area contributed by atoms with E-state index in [2.05, 4.69) is 18.2 Å². The van der Waals surface area contributed by atoms with Crippen molar-refractivity contribution < 1.29 is 14.3 Å². The maximum absolute atomic E-state index is 12.8. The molecule has 0 N–H and O–H groups in total. The van der Waals surface area contributed by atoms with Crippen LogP contribution < -0.4 is 9.47 Å². The fourth-order valence-corrected chi connectivity index (χ4v) is 3.02. The fraction of sp³-hybridized carbons (Fsp3) is 0.286. The number of carbonyl (C=O) groups excluding carboxylic acids is 1. The zero-order valence-electron chi connectivity index (χ0n) is 14.7. The molecule has 2 aromatic rings. The molecule has 25 heavy (non-hydrogen) atoms. The van der Waals surface area contributed by atoms with Crippen molar-refractivity contribution in [2.75, 3.05) is 26.8 Å². The van der Waals surface area contributed by atoms with Crippen molar-refractivity contribution in [3.05, 3.63) is 65.7 Å². The van der Waals surface area contributed by atoms with Crippen molar-refractivity contribution in [2.45, 2.75) is 13.3 Å². The fourth-order valence-electron chi connectivity index (χ4n) is 3.02. The molecule has 130 valence electrons. The molecule has 0 atom stereocenters. The molecule has 1 aliphatic rings. The van der Waals surface area contributed by atoms with Crippen molar-refractivity contribution in [1.82, 2.24) is 4.90 Å². The molecular formula is C21H23NO3. The van der Waals surface area contributed by atoms with Crippen LogP contribution in [0.3, 0.4) is 0 Å². The second kappa shape index (κ2) is 7.88. The lowest BCUT2D eigenvalue weighted by Crippen LogP contribution is -2.34. The van der Waals surface area contributed by atoms with Crippen molar-refractivity contribution in [2.24, 2.45) is 0 Å². The second-order valence-corrected chi connectivity index (χ2v) is 5.89. The molecule has 1 aliphatic heterocycles. The normalized spacial score (nSPS) is 14.0. The molecule has 0 aliphatic carbocycles. The monoisotopic (exact) mass is 337 g/mol. The van der Waals surface area contributed by atoms with E-state index in [9.17, 15) is 4.79 Å². The third-order valence-corrected chi connectivity index (χ3v) is 4.37. The third-order valence-electron chi connectivity index (χ3n) is 4.37. The summed E-state index contributed by atoms with van der Waals surface area (Å²) in [6.45, 7) is 3.79. The van der Waals surface area contributed by atoms with E-state index in [0.717, 1.165) is 12.2 Å². The first kappa shape index (κ1) is 17.1. The van der Waals surface area contributed by atoms with E-state index in [0.29, 0.717) is 31.0 Å². The minimum absolute atomic E-state index is 0.0223. The van der Waals surface area contributed by atoms with Gasteiger partial charge in [0, 0.05) is 13.1 Å². The Bertz CT molecular complexity index is 765. The van der Waals surface area contributed by atoms with Gasteiger partial charge in [0.2, 0.25) is 0 Å². The van der Waals surface area contributed by atoms with Gasteiger partial charge >= 0.3 is 0 Å². The number of carbonyl (C=O) groups is 1. The van der Waals surface area contributed by atoms with Crippen molar-refractivity contribution in [1.29, 1.82) is 0 Å². The highest BCUT2D eigenvalue weighted by atomic mass is 16.5. The Kier molecular flexibility index (Phi) is 5.39. The van der Waals surface area contributed by atoms with E-state index < -0.39 is 0 Å². The largest absolute Gasteiger partial charge is 0.497 e. The average Bonchev–Trinajstić information content (AvgIpc) is 2.68. The molecule has 4 heteroatoms. The second-order valence-electron chi connectivity index (χ2n) is 5.89. The van der Waals surface area contributed by atoms with E-state index >= 15 is 0 Å². The van der Waals surface area contributed by atoms with Crippen LogP contribution in [0.5, 0.6) is 11.5 Å². The van der Waals surface area contributed by atoms with Crippen molar-refractivity contribution in [3.8, 4) is 11.5 Å². The number of hydrogen-bond acceptors (Lipinski definition) is 3. The van der Waals surface area contributed by atoms with Gasteiger partial charge in [0.15, 0.2) is 0 Å². The number of hydrogen-bond donors (Lipinski definition) is 0. The minimum atomic E-state index is 0.0223. The predicted molar refractivity (Wildman–Crippen MR) is 99.1 cm³/mol. The lowest BCUT2D eigenvalue weighted by molar-refractivity contribution is 0.0768. The standard InChI is InChI=1S/C21H23NO3/c1-3-25-20-7-5-4-6-19(20)21(23)22-14-12-17(13-15-22)16-8-10-18(24-2)11-9-16/h4-12H,3,13-15H2,1-2H3. The Balaban J connectivity index is 1.72. The molecule has 4 nitrogen and oxygen atoms in total. The summed E-state index contributed by atoms with van der Waals surface area (Å²) in [5, 5.41) is 0. The van der Waals surface area contributed by atoms with Crippen LogP contribution in [0.2, 0.25) is 0 Å². The lowest BCUT2D eigenvalue weighted by Gasteiger charge is -2.27. The van der Waals surface area contributed by atoms with Crippen LogP contribution >= 0.6 is 0 Å². The number of amides is 1. The Labute approximate surface area is 148 Å². The number of rotatable bonds is 5. The van der Waals surface area contributed by atoms with Gasteiger partial charge in [-0.2, -0.15) is 0 Å². The van der Waals surface area contributed by atoms with E-state index in [1.165, 1.54) is 11.1 Å². The zero-order valence-corrected chi connectivity index (χ0v) is 14.7. The molecule has 0 saturated carbocycles. The van der Waals surface area contributed by atoms with Crippen molar-refractivity contribution >= 4 is 11.5 Å². The summed E-state index contributed by atoms with van der Waals surface area (Å²) in [6.07, 6.45) is 2.97. The van der Waals surface area contributed by atoms with Crippen LogP contribution in [-0.4, -0.2) is 37.6 Å². The highest BCUT2D eigenvalue weighted by Crippen LogP contribution is 2.26. The molecule has 0 spiro atoms. The summed E-state index contributed by atoms with van der Waals surface area (Å²) >= 11 is 0. The van der Waals surface area contributed by atoms with Crippen LogP contribution in [0.4, 0.5) is 0 Å². The summed E-state index contributed by atoms with van der Waals surface area (Å²) in [5.41, 5.74) is 3.08. The summed E-state index contributed by atoms with van der Waals surface area (Å²) < 4.78 is 10.8. The minimum Gasteiger partial charge on any atom is -0.497 e. The molecule has 3 rings (SSSR count). The maximum atomic E-state index is 12.8. The Morgan fingerprint density at radius 3 is 2.52 bits per heavy atom.